The topological polar surface area (TPSA) is 78.5 Å². The van der Waals surface area contributed by atoms with Crippen molar-refractivity contribution in [3.8, 4) is 5.75 Å². The number of aryl methyl sites for hydroxylation is 1. The maximum Gasteiger partial charge on any atom is 0.232 e. The number of benzene rings is 1. The number of nitrogens with one attached hydrogen (secondary N) is 1. The van der Waals surface area contributed by atoms with Crippen LogP contribution in [0.5, 0.6) is 5.75 Å². The highest BCUT2D eigenvalue weighted by atomic mass is 16.5. The van der Waals surface area contributed by atoms with E-state index < -0.39 is 5.41 Å². The number of hydrogen-bond acceptors (Lipinski definition) is 4. The Labute approximate surface area is 177 Å². The summed E-state index contributed by atoms with van der Waals surface area (Å²) in [6.45, 7) is 2.67. The van der Waals surface area contributed by atoms with Crippen LogP contribution >= 0.6 is 0 Å². The molecule has 2 aliphatic rings. The summed E-state index contributed by atoms with van der Waals surface area (Å²) in [4.78, 5) is 29.9. The fraction of sp³-hybridized carbons (Fsp3) is 0.522. The fourth-order valence-electron chi connectivity index (χ4n) is 4.63. The Morgan fingerprint density at radius 1 is 1.17 bits per heavy atom. The number of H-pyrrole nitrogens is 1. The van der Waals surface area contributed by atoms with E-state index >= 15 is 0 Å². The van der Waals surface area contributed by atoms with E-state index in [0.717, 1.165) is 55.6 Å². The smallest absolute Gasteiger partial charge is 0.232 e. The van der Waals surface area contributed by atoms with E-state index in [1.807, 2.05) is 40.3 Å². The van der Waals surface area contributed by atoms with Gasteiger partial charge in [0.25, 0.3) is 0 Å². The number of hydrogen-bond donors (Lipinski definition) is 1. The normalized spacial score (nSPS) is 17.6. The van der Waals surface area contributed by atoms with Crippen LogP contribution in [0.25, 0.3) is 0 Å². The summed E-state index contributed by atoms with van der Waals surface area (Å²) in [5.74, 6) is 1.13. The number of carbonyl (C=O) groups excluding carboxylic acids is 2. The standard InChI is InChI=1S/C23H30N4O3/c1-30-20-8-4-6-18(12-20)13-23(22(29)26-10-2-3-11-26)16-27(17-23)21(28)9-5-7-19-14-24-25-15-19/h4,6,8,12,14-15H,2-3,5,7,9-11,13,16-17H2,1H3,(H,24,25). The van der Waals surface area contributed by atoms with Crippen LogP contribution in [0.3, 0.4) is 0 Å². The summed E-state index contributed by atoms with van der Waals surface area (Å²) in [6, 6.07) is 7.90. The Bertz CT molecular complexity index is 868. The molecule has 30 heavy (non-hydrogen) atoms. The molecule has 1 aromatic heterocycles. The molecule has 0 saturated carbocycles. The Balaban J connectivity index is 1.40. The van der Waals surface area contributed by atoms with Crippen LogP contribution < -0.4 is 4.74 Å². The van der Waals surface area contributed by atoms with E-state index in [1.165, 1.54) is 0 Å². The predicted molar refractivity (Wildman–Crippen MR) is 113 cm³/mol. The molecule has 7 nitrogen and oxygen atoms in total. The van der Waals surface area contributed by atoms with Gasteiger partial charge in [0.05, 0.1) is 18.7 Å². The molecule has 0 spiro atoms. The molecule has 160 valence electrons. The summed E-state index contributed by atoms with van der Waals surface area (Å²) in [6.07, 6.45) is 8.55. The van der Waals surface area contributed by atoms with E-state index in [9.17, 15) is 9.59 Å². The van der Waals surface area contributed by atoms with Gasteiger partial charge in [0.1, 0.15) is 5.75 Å². The summed E-state index contributed by atoms with van der Waals surface area (Å²) in [5.41, 5.74) is 1.67. The number of aromatic nitrogens is 2. The van der Waals surface area contributed by atoms with Gasteiger partial charge in [0.2, 0.25) is 11.8 Å². The summed E-state index contributed by atoms with van der Waals surface area (Å²) in [5, 5.41) is 6.74. The van der Waals surface area contributed by atoms with Gasteiger partial charge < -0.3 is 14.5 Å². The zero-order valence-corrected chi connectivity index (χ0v) is 17.6. The molecule has 0 aliphatic carbocycles. The van der Waals surface area contributed by atoms with Gasteiger partial charge in [-0.3, -0.25) is 14.7 Å². The molecule has 2 aliphatic heterocycles. The zero-order valence-electron chi connectivity index (χ0n) is 17.6. The van der Waals surface area contributed by atoms with Crippen molar-refractivity contribution in [3.05, 3.63) is 47.8 Å². The number of carbonyl (C=O) groups is 2. The molecule has 7 heteroatoms. The van der Waals surface area contributed by atoms with Crippen molar-refractivity contribution in [1.29, 1.82) is 0 Å². The van der Waals surface area contributed by atoms with Gasteiger partial charge in [0, 0.05) is 38.8 Å². The van der Waals surface area contributed by atoms with Crippen molar-refractivity contribution in [2.75, 3.05) is 33.3 Å². The Kier molecular flexibility index (Phi) is 6.06. The van der Waals surface area contributed by atoms with Crippen molar-refractivity contribution in [3.63, 3.8) is 0 Å². The molecule has 3 heterocycles. The average Bonchev–Trinajstić information content (AvgIpc) is 3.44. The van der Waals surface area contributed by atoms with E-state index in [2.05, 4.69) is 10.2 Å². The Morgan fingerprint density at radius 2 is 1.97 bits per heavy atom. The quantitative estimate of drug-likeness (QED) is 0.725. The monoisotopic (exact) mass is 410 g/mol. The summed E-state index contributed by atoms with van der Waals surface area (Å²) in [7, 11) is 1.65. The molecule has 1 N–H and O–H groups in total. The first-order valence-electron chi connectivity index (χ1n) is 10.8. The Hall–Kier alpha value is -2.83. The highest BCUT2D eigenvalue weighted by Gasteiger charge is 2.52. The third kappa shape index (κ3) is 4.35. The SMILES string of the molecule is COc1cccc(CC2(C(=O)N3CCCC3)CN(C(=O)CCCc3cn[nH]c3)C2)c1. The van der Waals surface area contributed by atoms with E-state index in [1.54, 1.807) is 13.3 Å². The molecule has 0 atom stereocenters. The minimum absolute atomic E-state index is 0.133. The van der Waals surface area contributed by atoms with Gasteiger partial charge in [0.15, 0.2) is 0 Å². The second-order valence-corrected chi connectivity index (χ2v) is 8.52. The molecular weight excluding hydrogens is 380 g/mol. The van der Waals surface area contributed by atoms with Crippen LogP contribution in [0, 0.1) is 5.41 Å². The maximum atomic E-state index is 13.4. The second kappa shape index (κ2) is 8.90. The number of likely N-dealkylation sites (tertiary alicyclic amines) is 2. The molecule has 1 aromatic carbocycles. The predicted octanol–water partition coefficient (Wildman–Crippen LogP) is 2.43. The first kappa shape index (κ1) is 20.4. The molecular formula is C23H30N4O3. The molecule has 0 radical (unpaired) electrons. The lowest BCUT2D eigenvalue weighted by Gasteiger charge is -2.50. The molecule has 2 amide bonds. The van der Waals surface area contributed by atoms with Gasteiger partial charge in [-0.15, -0.1) is 0 Å². The van der Waals surface area contributed by atoms with Gasteiger partial charge in [-0.05, 0) is 55.4 Å². The number of ether oxygens (including phenoxy) is 1. The van der Waals surface area contributed by atoms with Crippen molar-refractivity contribution in [2.24, 2.45) is 5.41 Å². The minimum Gasteiger partial charge on any atom is -0.497 e. The van der Waals surface area contributed by atoms with Crippen molar-refractivity contribution < 1.29 is 14.3 Å². The minimum atomic E-state index is -0.517. The highest BCUT2D eigenvalue weighted by Crippen LogP contribution is 2.38. The maximum absolute atomic E-state index is 13.4. The Morgan fingerprint density at radius 3 is 2.67 bits per heavy atom. The van der Waals surface area contributed by atoms with E-state index in [0.29, 0.717) is 25.9 Å². The molecule has 2 saturated heterocycles. The van der Waals surface area contributed by atoms with Gasteiger partial charge in [-0.1, -0.05) is 12.1 Å². The number of rotatable bonds is 8. The summed E-state index contributed by atoms with van der Waals surface area (Å²) < 4.78 is 5.35. The van der Waals surface area contributed by atoms with Gasteiger partial charge in [-0.2, -0.15) is 5.10 Å². The number of amides is 2. The lowest BCUT2D eigenvalue weighted by atomic mass is 9.73. The fourth-order valence-corrected chi connectivity index (χ4v) is 4.63. The summed E-state index contributed by atoms with van der Waals surface area (Å²) >= 11 is 0. The highest BCUT2D eigenvalue weighted by molar-refractivity contribution is 5.88. The lowest BCUT2D eigenvalue weighted by Crippen LogP contribution is -2.65. The third-order valence-electron chi connectivity index (χ3n) is 6.27. The van der Waals surface area contributed by atoms with Crippen molar-refractivity contribution >= 4 is 11.8 Å². The van der Waals surface area contributed by atoms with Crippen molar-refractivity contribution in [1.82, 2.24) is 20.0 Å². The third-order valence-corrected chi connectivity index (χ3v) is 6.27. The van der Waals surface area contributed by atoms with Crippen LogP contribution in [0.15, 0.2) is 36.7 Å². The van der Waals surface area contributed by atoms with Crippen LogP contribution in [0.1, 0.15) is 36.8 Å². The average molecular weight is 411 g/mol. The number of aromatic amines is 1. The van der Waals surface area contributed by atoms with E-state index in [-0.39, 0.29) is 11.8 Å². The molecule has 2 aromatic rings. The molecule has 4 rings (SSSR count). The first-order chi connectivity index (χ1) is 14.6. The molecule has 0 bridgehead atoms. The van der Waals surface area contributed by atoms with E-state index in [4.69, 9.17) is 4.74 Å². The molecule has 0 unspecified atom stereocenters. The lowest BCUT2D eigenvalue weighted by molar-refractivity contribution is -0.160. The van der Waals surface area contributed by atoms with Crippen molar-refractivity contribution in [2.45, 2.75) is 38.5 Å². The van der Waals surface area contributed by atoms with Crippen LogP contribution in [-0.4, -0.2) is 65.1 Å². The van der Waals surface area contributed by atoms with Gasteiger partial charge in [-0.25, -0.2) is 0 Å². The van der Waals surface area contributed by atoms with Crippen LogP contribution in [0.4, 0.5) is 0 Å². The van der Waals surface area contributed by atoms with Crippen LogP contribution in [-0.2, 0) is 22.4 Å². The van der Waals surface area contributed by atoms with Gasteiger partial charge >= 0.3 is 0 Å². The largest absolute Gasteiger partial charge is 0.497 e. The molecule has 2 fully saturated rings. The second-order valence-electron chi connectivity index (χ2n) is 8.52. The first-order valence-corrected chi connectivity index (χ1v) is 10.8. The number of methoxy groups -OCH3 is 1. The van der Waals surface area contributed by atoms with Crippen LogP contribution in [0.2, 0.25) is 0 Å². The zero-order chi connectivity index (χ0) is 21.0. The number of nitrogens with zero attached hydrogens (tertiary/aromatic N) is 3.